The molecule has 0 saturated carbocycles. The highest BCUT2D eigenvalue weighted by atomic mass is 79.9. The van der Waals surface area contributed by atoms with Crippen molar-refractivity contribution in [2.75, 3.05) is 18.0 Å². The van der Waals surface area contributed by atoms with Gasteiger partial charge in [-0.25, -0.2) is 0 Å². The van der Waals surface area contributed by atoms with Gasteiger partial charge < -0.3 is 10.6 Å². The minimum atomic E-state index is 0.658. The Kier molecular flexibility index (Phi) is 4.79. The third-order valence-electron chi connectivity index (χ3n) is 2.81. The van der Waals surface area contributed by atoms with Gasteiger partial charge in [0.25, 0.3) is 0 Å². The molecule has 0 aliphatic carbocycles. The van der Waals surface area contributed by atoms with Crippen LogP contribution in [0.25, 0.3) is 0 Å². The molecule has 0 aliphatic rings. The summed E-state index contributed by atoms with van der Waals surface area (Å²) in [7, 11) is 0. The summed E-state index contributed by atoms with van der Waals surface area (Å²) >= 11 is 3.45. The molecule has 0 aromatic heterocycles. The van der Waals surface area contributed by atoms with Gasteiger partial charge in [-0.2, -0.15) is 0 Å². The number of para-hydroxylation sites is 1. The number of hydrogen-bond donors (Lipinski definition) is 1. The van der Waals surface area contributed by atoms with Crippen molar-refractivity contribution in [3.8, 4) is 0 Å². The highest BCUT2D eigenvalue weighted by Gasteiger charge is 2.05. The molecule has 2 N–H and O–H groups in total. The van der Waals surface area contributed by atoms with Gasteiger partial charge in [0.05, 0.1) is 0 Å². The molecule has 0 fully saturated rings. The minimum Gasteiger partial charge on any atom is -0.366 e. The van der Waals surface area contributed by atoms with E-state index in [4.69, 9.17) is 5.73 Å². The lowest BCUT2D eigenvalue weighted by atomic mass is 10.2. The smallest absolute Gasteiger partial charge is 0.0430 e. The number of hydrogen-bond acceptors (Lipinski definition) is 2. The maximum absolute atomic E-state index is 5.70. The van der Waals surface area contributed by atoms with Gasteiger partial charge in [0.15, 0.2) is 0 Å². The van der Waals surface area contributed by atoms with Gasteiger partial charge in [-0.3, -0.25) is 0 Å². The van der Waals surface area contributed by atoms with E-state index in [1.165, 1.54) is 11.3 Å². The molecule has 2 aromatic rings. The fourth-order valence-electron chi connectivity index (χ4n) is 1.90. The van der Waals surface area contributed by atoms with Gasteiger partial charge in [-0.1, -0.05) is 46.3 Å². The van der Waals surface area contributed by atoms with Crippen molar-refractivity contribution in [3.05, 3.63) is 64.6 Å². The highest BCUT2D eigenvalue weighted by molar-refractivity contribution is 9.10. The first-order valence-corrected chi connectivity index (χ1v) is 6.83. The molecule has 0 bridgehead atoms. The van der Waals surface area contributed by atoms with Crippen LogP contribution in [0.3, 0.4) is 0 Å². The Labute approximate surface area is 117 Å². The maximum atomic E-state index is 5.70. The first-order chi connectivity index (χ1) is 8.79. The fourth-order valence-corrected chi connectivity index (χ4v) is 2.17. The topological polar surface area (TPSA) is 29.3 Å². The van der Waals surface area contributed by atoms with Gasteiger partial charge in [-0.15, -0.1) is 0 Å². The van der Waals surface area contributed by atoms with Crippen LogP contribution in [0, 0.1) is 0 Å². The standard InChI is InChI=1S/C15H17BrN2/c16-14-8-6-13(7-9-14)12-18(11-10-17)15-4-2-1-3-5-15/h1-9H,10-12,17H2. The van der Waals surface area contributed by atoms with Gasteiger partial charge in [0, 0.05) is 29.8 Å². The van der Waals surface area contributed by atoms with Crippen LogP contribution in [0.5, 0.6) is 0 Å². The third-order valence-corrected chi connectivity index (χ3v) is 3.34. The maximum Gasteiger partial charge on any atom is 0.0430 e. The van der Waals surface area contributed by atoms with Gasteiger partial charge in [-0.05, 0) is 29.8 Å². The number of nitrogens with two attached hydrogens (primary N) is 1. The summed E-state index contributed by atoms with van der Waals surface area (Å²) in [4.78, 5) is 2.29. The van der Waals surface area contributed by atoms with E-state index in [0.717, 1.165) is 17.6 Å². The molecule has 94 valence electrons. The summed E-state index contributed by atoms with van der Waals surface area (Å²) in [6.07, 6.45) is 0. The number of halogens is 1. The zero-order valence-corrected chi connectivity index (χ0v) is 11.8. The van der Waals surface area contributed by atoms with Crippen molar-refractivity contribution in [1.29, 1.82) is 0 Å². The van der Waals surface area contributed by atoms with E-state index in [1.807, 2.05) is 6.07 Å². The monoisotopic (exact) mass is 304 g/mol. The van der Waals surface area contributed by atoms with Crippen LogP contribution in [-0.4, -0.2) is 13.1 Å². The normalized spacial score (nSPS) is 10.3. The second kappa shape index (κ2) is 6.57. The zero-order valence-electron chi connectivity index (χ0n) is 10.2. The van der Waals surface area contributed by atoms with Crippen LogP contribution in [0.15, 0.2) is 59.1 Å². The SMILES string of the molecule is NCCN(Cc1ccc(Br)cc1)c1ccccc1. The highest BCUT2D eigenvalue weighted by Crippen LogP contribution is 2.17. The summed E-state index contributed by atoms with van der Waals surface area (Å²) in [5.74, 6) is 0. The molecule has 0 spiro atoms. The number of anilines is 1. The lowest BCUT2D eigenvalue weighted by Crippen LogP contribution is -2.28. The molecule has 2 nitrogen and oxygen atoms in total. The van der Waals surface area contributed by atoms with Crippen LogP contribution in [0.1, 0.15) is 5.56 Å². The lowest BCUT2D eigenvalue weighted by Gasteiger charge is -2.24. The van der Waals surface area contributed by atoms with Crippen LogP contribution >= 0.6 is 15.9 Å². The lowest BCUT2D eigenvalue weighted by molar-refractivity contribution is 0.790. The van der Waals surface area contributed by atoms with Crippen LogP contribution in [0.2, 0.25) is 0 Å². The van der Waals surface area contributed by atoms with E-state index in [9.17, 15) is 0 Å². The van der Waals surface area contributed by atoms with E-state index >= 15 is 0 Å². The van der Waals surface area contributed by atoms with Crippen LogP contribution < -0.4 is 10.6 Å². The summed E-state index contributed by atoms with van der Waals surface area (Å²) in [6.45, 7) is 2.40. The molecular formula is C15H17BrN2. The summed E-state index contributed by atoms with van der Waals surface area (Å²) in [5.41, 5.74) is 8.20. The van der Waals surface area contributed by atoms with Crippen molar-refractivity contribution >= 4 is 21.6 Å². The molecule has 3 heteroatoms. The zero-order chi connectivity index (χ0) is 12.8. The van der Waals surface area contributed by atoms with Crippen LogP contribution in [-0.2, 0) is 6.54 Å². The summed E-state index contributed by atoms with van der Waals surface area (Å²) in [5, 5.41) is 0. The number of rotatable bonds is 5. The van der Waals surface area contributed by atoms with Crippen molar-refractivity contribution in [1.82, 2.24) is 0 Å². The number of benzene rings is 2. The molecular weight excluding hydrogens is 288 g/mol. The van der Waals surface area contributed by atoms with Crippen molar-refractivity contribution in [2.45, 2.75) is 6.54 Å². The van der Waals surface area contributed by atoms with E-state index in [-0.39, 0.29) is 0 Å². The molecule has 18 heavy (non-hydrogen) atoms. The Morgan fingerprint density at radius 3 is 2.22 bits per heavy atom. The Morgan fingerprint density at radius 1 is 0.944 bits per heavy atom. The molecule has 0 aliphatic heterocycles. The second-order valence-electron chi connectivity index (χ2n) is 4.17. The predicted octanol–water partition coefficient (Wildman–Crippen LogP) is 3.41. The summed E-state index contributed by atoms with van der Waals surface area (Å²) < 4.78 is 1.11. The summed E-state index contributed by atoms with van der Waals surface area (Å²) in [6, 6.07) is 18.8. The van der Waals surface area contributed by atoms with E-state index < -0.39 is 0 Å². The van der Waals surface area contributed by atoms with Gasteiger partial charge in [0.1, 0.15) is 0 Å². The Morgan fingerprint density at radius 2 is 1.61 bits per heavy atom. The minimum absolute atomic E-state index is 0.658. The molecule has 0 heterocycles. The molecule has 0 radical (unpaired) electrons. The average molecular weight is 305 g/mol. The fraction of sp³-hybridized carbons (Fsp3) is 0.200. The average Bonchev–Trinajstić information content (AvgIpc) is 2.42. The first-order valence-electron chi connectivity index (χ1n) is 6.04. The third kappa shape index (κ3) is 3.59. The molecule has 2 aromatic carbocycles. The quantitative estimate of drug-likeness (QED) is 0.917. The molecule has 2 rings (SSSR count). The van der Waals surface area contributed by atoms with E-state index in [0.29, 0.717) is 6.54 Å². The Hall–Kier alpha value is -1.32. The Balaban J connectivity index is 2.14. The first kappa shape index (κ1) is 13.1. The molecule has 0 atom stereocenters. The molecule has 0 unspecified atom stereocenters. The number of nitrogens with zero attached hydrogens (tertiary/aromatic N) is 1. The van der Waals surface area contributed by atoms with Gasteiger partial charge in [0.2, 0.25) is 0 Å². The second-order valence-corrected chi connectivity index (χ2v) is 5.09. The Bertz CT molecular complexity index is 468. The van der Waals surface area contributed by atoms with E-state index in [1.54, 1.807) is 0 Å². The van der Waals surface area contributed by atoms with Crippen molar-refractivity contribution in [3.63, 3.8) is 0 Å². The predicted molar refractivity (Wildman–Crippen MR) is 80.7 cm³/mol. The molecule has 0 saturated heterocycles. The van der Waals surface area contributed by atoms with E-state index in [2.05, 4.69) is 69.4 Å². The molecule has 0 amide bonds. The van der Waals surface area contributed by atoms with Crippen LogP contribution in [0.4, 0.5) is 5.69 Å². The largest absolute Gasteiger partial charge is 0.366 e. The van der Waals surface area contributed by atoms with Crippen molar-refractivity contribution in [2.24, 2.45) is 5.73 Å². The van der Waals surface area contributed by atoms with Gasteiger partial charge >= 0.3 is 0 Å². The van der Waals surface area contributed by atoms with Crippen molar-refractivity contribution < 1.29 is 0 Å².